The molecule has 138 valence electrons. The Labute approximate surface area is 149 Å². The van der Waals surface area contributed by atoms with Gasteiger partial charge in [0.15, 0.2) is 0 Å². The van der Waals surface area contributed by atoms with E-state index in [-0.39, 0.29) is 11.8 Å². The number of benzene rings is 1. The fourth-order valence-electron chi connectivity index (χ4n) is 3.31. The molecule has 3 rings (SSSR count). The summed E-state index contributed by atoms with van der Waals surface area (Å²) in [5, 5.41) is 3.07. The van der Waals surface area contributed by atoms with Crippen molar-refractivity contribution in [1.82, 2.24) is 0 Å². The molecule has 0 radical (unpaired) electrons. The molecule has 1 amide bonds. The first-order valence-electron chi connectivity index (χ1n) is 9.23. The Balaban J connectivity index is 1.76. The highest BCUT2D eigenvalue weighted by molar-refractivity contribution is 6.01. The third-order valence-electron chi connectivity index (χ3n) is 4.87. The minimum Gasteiger partial charge on any atom is -0.378 e. The van der Waals surface area contributed by atoms with Gasteiger partial charge in [-0.25, -0.2) is 11.0 Å². The van der Waals surface area contributed by atoms with Gasteiger partial charge in [0.05, 0.1) is 24.6 Å². The number of ether oxygens (including phenoxy) is 1. The van der Waals surface area contributed by atoms with Crippen LogP contribution in [0.3, 0.4) is 0 Å². The van der Waals surface area contributed by atoms with Crippen LogP contribution in [-0.2, 0) is 14.5 Å². The number of anilines is 4. The van der Waals surface area contributed by atoms with Gasteiger partial charge in [0, 0.05) is 19.0 Å². The summed E-state index contributed by atoms with van der Waals surface area (Å²) in [5.74, 6) is 0.121. The molecular formula is C18H28N4O3. The van der Waals surface area contributed by atoms with Gasteiger partial charge in [-0.05, 0) is 25.0 Å². The maximum Gasteiger partial charge on any atom is 0.227 e. The second-order valence-electron chi connectivity index (χ2n) is 6.52. The average molecular weight is 348 g/mol. The maximum atomic E-state index is 12.6. The summed E-state index contributed by atoms with van der Waals surface area (Å²) in [6.45, 7) is 7.33. The van der Waals surface area contributed by atoms with Gasteiger partial charge in [-0.3, -0.25) is 4.79 Å². The summed E-state index contributed by atoms with van der Waals surface area (Å²) in [6.07, 6.45) is 3.95. The highest BCUT2D eigenvalue weighted by Crippen LogP contribution is 2.42. The van der Waals surface area contributed by atoms with Crippen molar-refractivity contribution in [3.63, 3.8) is 0 Å². The number of hydrogen-bond donors (Lipinski definition) is 3. The van der Waals surface area contributed by atoms with E-state index in [1.807, 2.05) is 12.1 Å². The van der Waals surface area contributed by atoms with Crippen LogP contribution in [0.2, 0.25) is 0 Å². The van der Waals surface area contributed by atoms with Crippen molar-refractivity contribution in [2.45, 2.75) is 39.5 Å². The van der Waals surface area contributed by atoms with E-state index in [2.05, 4.69) is 35.0 Å². The van der Waals surface area contributed by atoms with Crippen molar-refractivity contribution in [3.05, 3.63) is 12.1 Å². The van der Waals surface area contributed by atoms with Crippen LogP contribution >= 0.6 is 0 Å². The van der Waals surface area contributed by atoms with Gasteiger partial charge in [-0.2, -0.15) is 4.94 Å². The van der Waals surface area contributed by atoms with Crippen LogP contribution in [0.15, 0.2) is 12.1 Å². The monoisotopic (exact) mass is 348 g/mol. The molecular weight excluding hydrogens is 320 g/mol. The Morgan fingerprint density at radius 3 is 2.72 bits per heavy atom. The van der Waals surface area contributed by atoms with E-state index in [9.17, 15) is 4.79 Å². The molecule has 1 fully saturated rings. The molecule has 1 aromatic carbocycles. The fraction of sp³-hybridized carbons (Fsp3) is 0.611. The van der Waals surface area contributed by atoms with Crippen molar-refractivity contribution in [2.24, 2.45) is 5.92 Å². The first-order chi connectivity index (χ1) is 12.2. The molecule has 1 atom stereocenters. The van der Waals surface area contributed by atoms with Crippen molar-refractivity contribution < 1.29 is 14.5 Å². The maximum absolute atomic E-state index is 12.6. The Kier molecular flexibility index (Phi) is 5.99. The fourth-order valence-corrected chi connectivity index (χ4v) is 3.31. The molecule has 0 spiro atoms. The standard InChI is InChI=1S/C18H28N4O3/c1-3-5-6-13(4-2)18(23)19-14-7-8-15(17-16(14)20-25-21-17)22-9-11-24-12-10-22/h7-8,13,20-21H,3-6,9-12H2,1-2H3,(H,19,23). The second-order valence-corrected chi connectivity index (χ2v) is 6.52. The number of nitrogens with zero attached hydrogens (tertiary/aromatic N) is 1. The molecule has 25 heavy (non-hydrogen) atoms. The molecule has 0 aliphatic carbocycles. The zero-order valence-corrected chi connectivity index (χ0v) is 15.1. The Bertz CT molecular complexity index is 602. The van der Waals surface area contributed by atoms with E-state index in [1.54, 1.807) is 0 Å². The molecule has 0 bridgehead atoms. The number of nitrogens with one attached hydrogen (secondary N) is 3. The summed E-state index contributed by atoms with van der Waals surface area (Å²) in [7, 11) is 0. The molecule has 1 unspecified atom stereocenters. The summed E-state index contributed by atoms with van der Waals surface area (Å²) in [6, 6.07) is 3.97. The Hall–Kier alpha value is -1.99. The van der Waals surface area contributed by atoms with E-state index in [0.717, 1.165) is 74.7 Å². The van der Waals surface area contributed by atoms with Gasteiger partial charge in [0.25, 0.3) is 0 Å². The first kappa shape index (κ1) is 17.8. The normalized spacial score (nSPS) is 17.4. The number of fused-ring (bicyclic) bond motifs is 1. The zero-order chi connectivity index (χ0) is 17.6. The van der Waals surface area contributed by atoms with Gasteiger partial charge >= 0.3 is 0 Å². The quantitative estimate of drug-likeness (QED) is 0.702. The van der Waals surface area contributed by atoms with Gasteiger partial charge in [-0.1, -0.05) is 26.7 Å². The van der Waals surface area contributed by atoms with Gasteiger partial charge < -0.3 is 15.0 Å². The molecule has 0 aromatic heterocycles. The lowest BCUT2D eigenvalue weighted by molar-refractivity contribution is -0.120. The molecule has 2 aliphatic rings. The van der Waals surface area contributed by atoms with Gasteiger partial charge in [0.2, 0.25) is 5.91 Å². The van der Waals surface area contributed by atoms with Gasteiger partial charge in [0.1, 0.15) is 11.4 Å². The van der Waals surface area contributed by atoms with Crippen LogP contribution in [0.25, 0.3) is 0 Å². The van der Waals surface area contributed by atoms with Crippen LogP contribution in [0.1, 0.15) is 39.5 Å². The third-order valence-corrected chi connectivity index (χ3v) is 4.87. The lowest BCUT2D eigenvalue weighted by atomic mass is 9.98. The lowest BCUT2D eigenvalue weighted by Crippen LogP contribution is -2.36. The number of morpholine rings is 1. The highest BCUT2D eigenvalue weighted by atomic mass is 16.8. The number of amides is 1. The average Bonchev–Trinajstić information content (AvgIpc) is 3.13. The first-order valence-corrected chi connectivity index (χ1v) is 9.23. The molecule has 7 nitrogen and oxygen atoms in total. The number of hydrogen-bond acceptors (Lipinski definition) is 6. The summed E-state index contributed by atoms with van der Waals surface area (Å²) >= 11 is 0. The molecule has 2 aliphatic heterocycles. The van der Waals surface area contributed by atoms with Crippen molar-refractivity contribution in [3.8, 4) is 0 Å². The van der Waals surface area contributed by atoms with E-state index in [0.29, 0.717) is 0 Å². The summed E-state index contributed by atoms with van der Waals surface area (Å²) in [4.78, 5) is 20.1. The molecule has 3 N–H and O–H groups in total. The third kappa shape index (κ3) is 3.99. The molecule has 1 saturated heterocycles. The zero-order valence-electron chi connectivity index (χ0n) is 15.1. The topological polar surface area (TPSA) is 74.9 Å². The van der Waals surface area contributed by atoms with Crippen LogP contribution < -0.4 is 21.2 Å². The predicted octanol–water partition coefficient (Wildman–Crippen LogP) is 3.36. The van der Waals surface area contributed by atoms with E-state index in [1.165, 1.54) is 0 Å². The van der Waals surface area contributed by atoms with Crippen LogP contribution in [0.4, 0.5) is 22.7 Å². The van der Waals surface area contributed by atoms with E-state index in [4.69, 9.17) is 9.68 Å². The van der Waals surface area contributed by atoms with Gasteiger partial charge in [-0.15, -0.1) is 0 Å². The van der Waals surface area contributed by atoms with Crippen LogP contribution in [0, 0.1) is 5.92 Å². The smallest absolute Gasteiger partial charge is 0.227 e. The van der Waals surface area contributed by atoms with E-state index < -0.39 is 0 Å². The number of carbonyl (C=O) groups excluding carboxylic acids is 1. The Morgan fingerprint density at radius 2 is 2.00 bits per heavy atom. The second kappa shape index (κ2) is 8.40. The van der Waals surface area contributed by atoms with E-state index >= 15 is 0 Å². The molecule has 0 saturated carbocycles. The molecule has 2 heterocycles. The highest BCUT2D eigenvalue weighted by Gasteiger charge is 2.25. The predicted molar refractivity (Wildman–Crippen MR) is 99.7 cm³/mol. The molecule has 7 heteroatoms. The minimum atomic E-state index is 0.0461. The number of rotatable bonds is 7. The van der Waals surface area contributed by atoms with Crippen LogP contribution in [-0.4, -0.2) is 32.2 Å². The SMILES string of the molecule is CCCCC(CC)C(=O)Nc1ccc(N2CCOCC2)c2c1NON2. The summed E-state index contributed by atoms with van der Waals surface area (Å²) < 4.78 is 5.42. The lowest BCUT2D eigenvalue weighted by Gasteiger charge is -2.30. The minimum absolute atomic E-state index is 0.0461. The van der Waals surface area contributed by atoms with Crippen LogP contribution in [0.5, 0.6) is 0 Å². The Morgan fingerprint density at radius 1 is 1.24 bits per heavy atom. The molecule has 1 aromatic rings. The van der Waals surface area contributed by atoms with Crippen molar-refractivity contribution >= 4 is 28.7 Å². The van der Waals surface area contributed by atoms with Crippen molar-refractivity contribution in [2.75, 3.05) is 47.5 Å². The summed E-state index contributed by atoms with van der Waals surface area (Å²) in [5.41, 5.74) is 9.23. The van der Waals surface area contributed by atoms with Crippen molar-refractivity contribution in [1.29, 1.82) is 0 Å². The number of carbonyl (C=O) groups is 1. The number of unbranched alkanes of at least 4 members (excludes halogenated alkanes) is 1. The largest absolute Gasteiger partial charge is 0.378 e.